The Balaban J connectivity index is 4.91. The molecule has 0 saturated heterocycles. The minimum atomic E-state index is -2.74. The van der Waals surface area contributed by atoms with Crippen molar-refractivity contribution < 1.29 is 22.6 Å². The van der Waals surface area contributed by atoms with Crippen molar-refractivity contribution in [1.29, 1.82) is 0 Å². The minimum Gasteiger partial charge on any atom is -0.492 e. The van der Waals surface area contributed by atoms with Gasteiger partial charge in [0.1, 0.15) is 0 Å². The highest BCUT2D eigenvalue weighted by Crippen LogP contribution is 2.22. The number of carbonyl (C=O) groups is 2. The Hall–Kier alpha value is -1.19. The second-order valence-corrected chi connectivity index (χ2v) is 12.3. The van der Waals surface area contributed by atoms with Crippen molar-refractivity contribution in [1.82, 2.24) is 0 Å². The van der Waals surface area contributed by atoms with Gasteiger partial charge >= 0.3 is 29.1 Å². The Bertz CT molecular complexity index is 430. The van der Waals surface area contributed by atoms with Gasteiger partial charge in [0.2, 0.25) is 0 Å². The van der Waals surface area contributed by atoms with Crippen LogP contribution in [0.1, 0.15) is 20.8 Å². The molecule has 0 saturated carbocycles. The lowest BCUT2D eigenvalue weighted by Gasteiger charge is -2.33. The van der Waals surface area contributed by atoms with Crippen LogP contribution in [0, 0.1) is 0 Å². The van der Waals surface area contributed by atoms with E-state index in [1.807, 2.05) is 6.92 Å². The molecule has 0 bridgehead atoms. The average molecular weight is 317 g/mol. The van der Waals surface area contributed by atoms with Gasteiger partial charge in [-0.05, 0) is 39.5 Å². The van der Waals surface area contributed by atoms with Crippen LogP contribution in [0.25, 0.3) is 0 Å². The van der Waals surface area contributed by atoms with Crippen molar-refractivity contribution in [2.24, 2.45) is 0 Å². The molecule has 0 fully saturated rings. The number of hydrogen-bond donors (Lipinski definition) is 0. The molecule has 1 unspecified atom stereocenters. The Morgan fingerprint density at radius 3 is 1.70 bits per heavy atom. The topological polar surface area (TPSA) is 61.8 Å². The number of rotatable bonds is 7. The van der Waals surface area contributed by atoms with Crippen molar-refractivity contribution in [3.63, 3.8) is 0 Å². The SMILES string of the molecule is C=C(C)C(=O)O[Si](C)(C)O[Si](C)(CC)OC(=O)C(=C)C. The van der Waals surface area contributed by atoms with Crippen LogP contribution in [-0.4, -0.2) is 29.1 Å². The van der Waals surface area contributed by atoms with E-state index in [0.29, 0.717) is 17.2 Å². The lowest BCUT2D eigenvalue weighted by molar-refractivity contribution is -0.132. The first-order valence-electron chi connectivity index (χ1n) is 6.40. The first-order valence-corrected chi connectivity index (χ1v) is 11.7. The third kappa shape index (κ3) is 6.31. The monoisotopic (exact) mass is 316 g/mol. The van der Waals surface area contributed by atoms with Crippen LogP contribution in [-0.2, 0) is 22.6 Å². The normalized spacial score (nSPS) is 14.1. The summed E-state index contributed by atoms with van der Waals surface area (Å²) in [6, 6.07) is 0.563. The molecule has 0 aromatic rings. The predicted molar refractivity (Wildman–Crippen MR) is 82.5 cm³/mol. The Kier molecular flexibility index (Phi) is 6.59. The molecule has 0 aromatic heterocycles. The summed E-state index contributed by atoms with van der Waals surface area (Å²) in [7, 11) is -5.48. The molecule has 0 heterocycles. The molecule has 1 atom stereocenters. The van der Waals surface area contributed by atoms with Crippen LogP contribution < -0.4 is 0 Å². The van der Waals surface area contributed by atoms with Gasteiger partial charge in [0, 0.05) is 11.1 Å². The van der Waals surface area contributed by atoms with E-state index in [4.69, 9.17) is 13.0 Å². The fraction of sp³-hybridized carbons (Fsp3) is 0.538. The quantitative estimate of drug-likeness (QED) is 0.533. The van der Waals surface area contributed by atoms with Gasteiger partial charge in [-0.2, -0.15) is 0 Å². The predicted octanol–water partition coefficient (Wildman–Crippen LogP) is 3.04. The molecule has 0 aliphatic heterocycles. The zero-order valence-electron chi connectivity index (χ0n) is 13.2. The highest BCUT2D eigenvalue weighted by Gasteiger charge is 2.43. The van der Waals surface area contributed by atoms with Crippen LogP contribution in [0.4, 0.5) is 0 Å². The summed E-state index contributed by atoms with van der Waals surface area (Å²) < 4.78 is 16.7. The van der Waals surface area contributed by atoms with Crippen LogP contribution in [0.2, 0.25) is 25.7 Å². The summed E-state index contributed by atoms with van der Waals surface area (Å²) in [5.41, 5.74) is 0.632. The van der Waals surface area contributed by atoms with Gasteiger partial charge in [0.25, 0.3) is 0 Å². The summed E-state index contributed by atoms with van der Waals surface area (Å²) in [5, 5.41) is 0. The molecule has 0 amide bonds. The van der Waals surface area contributed by atoms with Gasteiger partial charge in [-0.3, -0.25) is 0 Å². The van der Waals surface area contributed by atoms with E-state index < -0.39 is 29.1 Å². The molecule has 7 heteroatoms. The summed E-state index contributed by atoms with van der Waals surface area (Å²) in [6.07, 6.45) is 0. The van der Waals surface area contributed by atoms with E-state index in [0.717, 1.165) is 0 Å². The van der Waals surface area contributed by atoms with E-state index in [-0.39, 0.29) is 0 Å². The van der Waals surface area contributed by atoms with Crippen molar-refractivity contribution in [3.05, 3.63) is 24.3 Å². The van der Waals surface area contributed by atoms with Gasteiger partial charge < -0.3 is 13.0 Å². The van der Waals surface area contributed by atoms with Crippen LogP contribution in [0.5, 0.6) is 0 Å². The van der Waals surface area contributed by atoms with Gasteiger partial charge in [-0.1, -0.05) is 20.1 Å². The maximum Gasteiger partial charge on any atom is 0.390 e. The van der Waals surface area contributed by atoms with Crippen LogP contribution in [0.15, 0.2) is 24.3 Å². The van der Waals surface area contributed by atoms with Gasteiger partial charge in [-0.15, -0.1) is 0 Å². The van der Waals surface area contributed by atoms with Crippen LogP contribution >= 0.6 is 0 Å². The van der Waals surface area contributed by atoms with Crippen molar-refractivity contribution in [2.75, 3.05) is 0 Å². The summed E-state index contributed by atoms with van der Waals surface area (Å²) in [6.45, 7) is 17.4. The maximum atomic E-state index is 11.7. The Labute approximate surface area is 123 Å². The number of hydrogen-bond acceptors (Lipinski definition) is 5. The maximum absolute atomic E-state index is 11.7. The average Bonchev–Trinajstić information content (AvgIpc) is 2.26. The molecule has 0 aromatic carbocycles. The van der Waals surface area contributed by atoms with E-state index in [1.165, 1.54) is 0 Å². The second kappa shape index (κ2) is 7.00. The highest BCUT2D eigenvalue weighted by atomic mass is 28.5. The fourth-order valence-corrected chi connectivity index (χ4v) is 7.70. The molecule has 5 nitrogen and oxygen atoms in total. The molecular formula is C13H24O5Si2. The van der Waals surface area contributed by atoms with E-state index in [1.54, 1.807) is 33.5 Å². The van der Waals surface area contributed by atoms with E-state index in [2.05, 4.69) is 13.2 Å². The first-order chi connectivity index (χ1) is 8.92. The number of carbonyl (C=O) groups excluding carboxylic acids is 2. The van der Waals surface area contributed by atoms with Gasteiger partial charge in [-0.25, -0.2) is 9.59 Å². The summed E-state index contributed by atoms with van der Waals surface area (Å²) in [4.78, 5) is 23.2. The smallest absolute Gasteiger partial charge is 0.390 e. The lowest BCUT2D eigenvalue weighted by Crippen LogP contribution is -2.51. The highest BCUT2D eigenvalue weighted by molar-refractivity contribution is 6.80. The second-order valence-electron chi connectivity index (χ2n) is 5.33. The molecule has 0 aliphatic rings. The van der Waals surface area contributed by atoms with Crippen molar-refractivity contribution in [2.45, 2.75) is 46.5 Å². The van der Waals surface area contributed by atoms with Crippen molar-refractivity contribution >= 4 is 29.1 Å². The zero-order chi connectivity index (χ0) is 16.1. The molecule has 20 heavy (non-hydrogen) atoms. The third-order valence-electron chi connectivity index (χ3n) is 2.45. The largest absolute Gasteiger partial charge is 0.492 e. The third-order valence-corrected chi connectivity index (χ3v) is 8.72. The Morgan fingerprint density at radius 1 is 0.950 bits per heavy atom. The zero-order valence-corrected chi connectivity index (χ0v) is 15.2. The Morgan fingerprint density at radius 2 is 1.35 bits per heavy atom. The molecule has 0 aliphatic carbocycles. The molecular weight excluding hydrogens is 292 g/mol. The van der Waals surface area contributed by atoms with E-state index >= 15 is 0 Å². The summed E-state index contributed by atoms with van der Waals surface area (Å²) >= 11 is 0. The molecule has 0 radical (unpaired) electrons. The lowest BCUT2D eigenvalue weighted by atomic mass is 10.4. The molecule has 114 valence electrons. The molecule has 0 rings (SSSR count). The summed E-state index contributed by atoms with van der Waals surface area (Å²) in [5.74, 6) is -0.961. The van der Waals surface area contributed by atoms with Gasteiger partial charge in [0.05, 0.1) is 0 Å². The standard InChI is InChI=1S/C13H24O5Si2/c1-9-20(8,17-13(15)11(4)5)18-19(6,7)16-12(14)10(2)3/h2,4,9H2,1,3,5-8H3. The minimum absolute atomic E-state index is 0.313. The molecule has 0 spiro atoms. The van der Waals surface area contributed by atoms with Gasteiger partial charge in [0.15, 0.2) is 0 Å². The first kappa shape index (κ1) is 18.8. The van der Waals surface area contributed by atoms with Crippen LogP contribution in [0.3, 0.4) is 0 Å². The fourth-order valence-electron chi connectivity index (χ4n) is 1.30. The van der Waals surface area contributed by atoms with Crippen molar-refractivity contribution in [3.8, 4) is 0 Å². The van der Waals surface area contributed by atoms with E-state index in [9.17, 15) is 9.59 Å². The molecule has 0 N–H and O–H groups in total.